The van der Waals surface area contributed by atoms with Gasteiger partial charge in [-0.2, -0.15) is 0 Å². The molecule has 4 heteroatoms. The average Bonchev–Trinajstić information content (AvgIpc) is 2.39. The molecule has 4 nitrogen and oxygen atoms in total. The van der Waals surface area contributed by atoms with Crippen LogP contribution in [0.2, 0.25) is 0 Å². The van der Waals surface area contributed by atoms with E-state index in [2.05, 4.69) is 5.32 Å². The van der Waals surface area contributed by atoms with Crippen molar-refractivity contribution in [2.75, 3.05) is 20.2 Å². The highest BCUT2D eigenvalue weighted by atomic mass is 16.5. The van der Waals surface area contributed by atoms with Gasteiger partial charge in [-0.1, -0.05) is 6.07 Å². The minimum absolute atomic E-state index is 0.0148. The quantitative estimate of drug-likeness (QED) is 0.829. The van der Waals surface area contributed by atoms with Crippen molar-refractivity contribution >= 4 is 5.78 Å². The standard InChI is InChI=1S/C14H19NO3/c1-10(16)12-6-3-7-13(14(12)17-2)18-11-5-4-8-15-9-11/h3,6-7,11,15H,4-5,8-9H2,1-2H3. The Morgan fingerprint density at radius 1 is 1.44 bits per heavy atom. The summed E-state index contributed by atoms with van der Waals surface area (Å²) in [5.74, 6) is 1.17. The van der Waals surface area contributed by atoms with Crippen molar-refractivity contribution in [3.8, 4) is 11.5 Å². The summed E-state index contributed by atoms with van der Waals surface area (Å²) in [7, 11) is 1.56. The maximum atomic E-state index is 11.5. The first-order chi connectivity index (χ1) is 8.72. The molecule has 98 valence electrons. The highest BCUT2D eigenvalue weighted by Gasteiger charge is 2.19. The number of benzene rings is 1. The molecule has 0 saturated carbocycles. The highest BCUT2D eigenvalue weighted by Crippen LogP contribution is 2.32. The lowest BCUT2D eigenvalue weighted by atomic mass is 10.1. The second-order valence-electron chi connectivity index (χ2n) is 4.48. The molecule has 1 aromatic carbocycles. The fourth-order valence-electron chi connectivity index (χ4n) is 2.20. The topological polar surface area (TPSA) is 47.6 Å². The molecule has 1 saturated heterocycles. The van der Waals surface area contributed by atoms with Gasteiger partial charge in [-0.05, 0) is 38.4 Å². The molecule has 1 aliphatic rings. The number of hydrogen-bond acceptors (Lipinski definition) is 4. The highest BCUT2D eigenvalue weighted by molar-refractivity contribution is 5.97. The number of carbonyl (C=O) groups excluding carboxylic acids is 1. The Morgan fingerprint density at radius 3 is 2.89 bits per heavy atom. The molecule has 18 heavy (non-hydrogen) atoms. The lowest BCUT2D eigenvalue weighted by Gasteiger charge is -2.25. The predicted molar refractivity (Wildman–Crippen MR) is 69.5 cm³/mol. The van der Waals surface area contributed by atoms with Gasteiger partial charge >= 0.3 is 0 Å². The smallest absolute Gasteiger partial charge is 0.171 e. The van der Waals surface area contributed by atoms with E-state index in [1.807, 2.05) is 12.1 Å². The molecule has 1 aliphatic heterocycles. The number of methoxy groups -OCH3 is 1. The van der Waals surface area contributed by atoms with Crippen LogP contribution in [0, 0.1) is 0 Å². The van der Waals surface area contributed by atoms with E-state index in [-0.39, 0.29) is 11.9 Å². The summed E-state index contributed by atoms with van der Waals surface area (Å²) in [6.07, 6.45) is 2.29. The molecule has 1 heterocycles. The van der Waals surface area contributed by atoms with Gasteiger partial charge in [0.1, 0.15) is 6.10 Å². The molecule has 2 rings (SSSR count). The molecule has 1 N–H and O–H groups in total. The van der Waals surface area contributed by atoms with Crippen molar-refractivity contribution in [3.05, 3.63) is 23.8 Å². The van der Waals surface area contributed by atoms with Crippen LogP contribution in [0.3, 0.4) is 0 Å². The largest absolute Gasteiger partial charge is 0.492 e. The Balaban J connectivity index is 2.20. The molecule has 0 spiro atoms. The van der Waals surface area contributed by atoms with Gasteiger partial charge < -0.3 is 14.8 Å². The molecule has 1 atom stereocenters. The minimum atomic E-state index is -0.0148. The third-order valence-corrected chi connectivity index (χ3v) is 3.11. The summed E-state index contributed by atoms with van der Waals surface area (Å²) >= 11 is 0. The van der Waals surface area contributed by atoms with Crippen LogP contribution in [0.4, 0.5) is 0 Å². The number of hydrogen-bond donors (Lipinski definition) is 1. The number of piperidine rings is 1. The van der Waals surface area contributed by atoms with E-state index in [1.54, 1.807) is 13.2 Å². The number of nitrogens with one attached hydrogen (secondary N) is 1. The maximum Gasteiger partial charge on any atom is 0.171 e. The number of Topliss-reactive ketones (excluding diaryl/α,β-unsaturated/α-hetero) is 1. The van der Waals surface area contributed by atoms with Crippen molar-refractivity contribution in [1.82, 2.24) is 5.32 Å². The molecule has 1 unspecified atom stereocenters. The Bertz CT molecular complexity index is 425. The number of rotatable bonds is 4. The van der Waals surface area contributed by atoms with E-state index in [4.69, 9.17) is 9.47 Å². The average molecular weight is 249 g/mol. The second kappa shape index (κ2) is 5.87. The van der Waals surface area contributed by atoms with Gasteiger partial charge in [-0.25, -0.2) is 0 Å². The summed E-state index contributed by atoms with van der Waals surface area (Å²) in [5, 5.41) is 3.30. The molecule has 0 radical (unpaired) electrons. The van der Waals surface area contributed by atoms with Crippen LogP contribution in [0.5, 0.6) is 11.5 Å². The van der Waals surface area contributed by atoms with E-state index in [1.165, 1.54) is 6.92 Å². The van der Waals surface area contributed by atoms with Crippen LogP contribution in [0.1, 0.15) is 30.1 Å². The summed E-state index contributed by atoms with van der Waals surface area (Å²) in [5.41, 5.74) is 0.568. The zero-order chi connectivity index (χ0) is 13.0. The third kappa shape index (κ3) is 2.82. The molecular formula is C14H19NO3. The van der Waals surface area contributed by atoms with Gasteiger partial charge in [0.25, 0.3) is 0 Å². The van der Waals surface area contributed by atoms with Gasteiger partial charge in [0, 0.05) is 6.54 Å². The van der Waals surface area contributed by atoms with Gasteiger partial charge in [0.05, 0.1) is 12.7 Å². The van der Waals surface area contributed by atoms with Crippen molar-refractivity contribution < 1.29 is 14.3 Å². The normalized spacial score (nSPS) is 19.3. The van der Waals surface area contributed by atoms with E-state index < -0.39 is 0 Å². The molecule has 1 aromatic rings. The predicted octanol–water partition coefficient (Wildman–Crippen LogP) is 2.03. The minimum Gasteiger partial charge on any atom is -0.492 e. The van der Waals surface area contributed by atoms with Gasteiger partial charge in [-0.3, -0.25) is 4.79 Å². The Labute approximate surface area is 107 Å². The van der Waals surface area contributed by atoms with E-state index in [9.17, 15) is 4.79 Å². The first kappa shape index (κ1) is 12.9. The second-order valence-corrected chi connectivity index (χ2v) is 4.48. The molecule has 0 aliphatic carbocycles. The number of ether oxygens (including phenoxy) is 2. The zero-order valence-electron chi connectivity index (χ0n) is 10.9. The Morgan fingerprint density at radius 2 is 2.28 bits per heavy atom. The SMILES string of the molecule is COc1c(OC2CCCNC2)cccc1C(C)=O. The van der Waals surface area contributed by atoms with Crippen molar-refractivity contribution in [1.29, 1.82) is 0 Å². The van der Waals surface area contributed by atoms with Crippen LogP contribution in [-0.4, -0.2) is 32.1 Å². The van der Waals surface area contributed by atoms with Crippen LogP contribution in [0.15, 0.2) is 18.2 Å². The number of carbonyl (C=O) groups is 1. The molecule has 0 bridgehead atoms. The van der Waals surface area contributed by atoms with Crippen LogP contribution in [-0.2, 0) is 0 Å². The number of ketones is 1. The first-order valence-corrected chi connectivity index (χ1v) is 6.27. The lowest BCUT2D eigenvalue weighted by molar-refractivity contribution is 0.101. The fourth-order valence-corrected chi connectivity index (χ4v) is 2.20. The maximum absolute atomic E-state index is 11.5. The van der Waals surface area contributed by atoms with Gasteiger partial charge in [0.15, 0.2) is 17.3 Å². The van der Waals surface area contributed by atoms with E-state index in [0.29, 0.717) is 17.1 Å². The van der Waals surface area contributed by atoms with Crippen molar-refractivity contribution in [2.45, 2.75) is 25.9 Å². The Hall–Kier alpha value is -1.55. The first-order valence-electron chi connectivity index (χ1n) is 6.27. The fraction of sp³-hybridized carbons (Fsp3) is 0.500. The summed E-state index contributed by atoms with van der Waals surface area (Å²) in [4.78, 5) is 11.5. The van der Waals surface area contributed by atoms with Crippen LogP contribution < -0.4 is 14.8 Å². The molecule has 0 aromatic heterocycles. The molecule has 0 amide bonds. The van der Waals surface area contributed by atoms with Crippen molar-refractivity contribution in [2.24, 2.45) is 0 Å². The zero-order valence-corrected chi connectivity index (χ0v) is 10.9. The summed E-state index contributed by atoms with van der Waals surface area (Å²) in [6.45, 7) is 3.42. The van der Waals surface area contributed by atoms with Crippen LogP contribution >= 0.6 is 0 Å². The van der Waals surface area contributed by atoms with Gasteiger partial charge in [0.2, 0.25) is 0 Å². The summed E-state index contributed by atoms with van der Waals surface area (Å²) in [6, 6.07) is 5.43. The van der Waals surface area contributed by atoms with E-state index >= 15 is 0 Å². The lowest BCUT2D eigenvalue weighted by Crippen LogP contribution is -2.37. The van der Waals surface area contributed by atoms with Crippen molar-refractivity contribution in [3.63, 3.8) is 0 Å². The Kier molecular flexibility index (Phi) is 4.20. The van der Waals surface area contributed by atoms with E-state index in [0.717, 1.165) is 25.9 Å². The van der Waals surface area contributed by atoms with Crippen LogP contribution in [0.25, 0.3) is 0 Å². The summed E-state index contributed by atoms with van der Waals surface area (Å²) < 4.78 is 11.2. The third-order valence-electron chi connectivity index (χ3n) is 3.11. The molecular weight excluding hydrogens is 230 g/mol. The molecule has 1 fully saturated rings. The monoisotopic (exact) mass is 249 g/mol. The number of para-hydroxylation sites is 1. The van der Waals surface area contributed by atoms with Gasteiger partial charge in [-0.15, -0.1) is 0 Å².